The molecule has 0 spiro atoms. The molecule has 2 aromatic carbocycles. The van der Waals surface area contributed by atoms with Crippen molar-refractivity contribution < 1.29 is 49.1 Å². The van der Waals surface area contributed by atoms with E-state index in [1.165, 1.54) is 16.8 Å². The van der Waals surface area contributed by atoms with Crippen LogP contribution in [0, 0.1) is 11.8 Å². The van der Waals surface area contributed by atoms with E-state index < -0.39 is 71.2 Å². The average Bonchev–Trinajstić information content (AvgIpc) is 3.43. The molecule has 266 valence electrons. The van der Waals surface area contributed by atoms with Gasteiger partial charge >= 0.3 is 18.5 Å². The SMILES string of the molecule is C[C@@H]1CC(N(Cc2cc(C(F)(F)F)cc(C(F)(F)F)c2)c2nnn(C)n2)c2cc(C(F)(F)F)ccc2N1C(=O)C1CCC(CC(N)=O)CC1. The van der Waals surface area contributed by atoms with E-state index in [0.717, 1.165) is 23.0 Å². The number of halogens is 9. The Bertz CT molecular complexity index is 1660. The molecule has 1 aromatic heterocycles. The van der Waals surface area contributed by atoms with E-state index in [1.807, 2.05) is 0 Å². The van der Waals surface area contributed by atoms with E-state index in [1.54, 1.807) is 6.92 Å². The van der Waals surface area contributed by atoms with Crippen LogP contribution >= 0.6 is 0 Å². The highest BCUT2D eigenvalue weighted by Crippen LogP contribution is 2.46. The van der Waals surface area contributed by atoms with Crippen molar-refractivity contribution in [3.05, 3.63) is 64.2 Å². The first-order valence-electron chi connectivity index (χ1n) is 15.3. The van der Waals surface area contributed by atoms with Crippen molar-refractivity contribution in [2.45, 2.75) is 82.6 Å². The maximum Gasteiger partial charge on any atom is 0.416 e. The third-order valence-corrected chi connectivity index (χ3v) is 9.03. The average molecular weight is 706 g/mol. The van der Waals surface area contributed by atoms with Crippen molar-refractivity contribution in [3.8, 4) is 0 Å². The number of rotatable bonds is 7. The van der Waals surface area contributed by atoms with Gasteiger partial charge in [-0.15, -0.1) is 5.10 Å². The minimum Gasteiger partial charge on any atom is -0.370 e. The van der Waals surface area contributed by atoms with E-state index in [4.69, 9.17) is 5.73 Å². The predicted octanol–water partition coefficient (Wildman–Crippen LogP) is 6.82. The zero-order valence-electron chi connectivity index (χ0n) is 26.2. The molecule has 1 unspecified atom stereocenters. The first kappa shape index (κ1) is 35.9. The van der Waals surface area contributed by atoms with Crippen LogP contribution < -0.4 is 15.5 Å². The van der Waals surface area contributed by atoms with Crippen molar-refractivity contribution in [2.75, 3.05) is 9.80 Å². The highest BCUT2D eigenvalue weighted by atomic mass is 19.4. The van der Waals surface area contributed by atoms with Crippen LogP contribution in [0.2, 0.25) is 0 Å². The van der Waals surface area contributed by atoms with Crippen LogP contribution in [0.15, 0.2) is 36.4 Å². The summed E-state index contributed by atoms with van der Waals surface area (Å²) in [6, 6.07) is 1.99. The van der Waals surface area contributed by atoms with Gasteiger partial charge in [-0.1, -0.05) is 5.10 Å². The Kier molecular flexibility index (Phi) is 9.64. The molecule has 49 heavy (non-hydrogen) atoms. The van der Waals surface area contributed by atoms with Gasteiger partial charge < -0.3 is 15.5 Å². The van der Waals surface area contributed by atoms with Gasteiger partial charge in [0.1, 0.15) is 0 Å². The number of benzene rings is 2. The summed E-state index contributed by atoms with van der Waals surface area (Å²) in [5, 5.41) is 11.7. The van der Waals surface area contributed by atoms with Crippen LogP contribution in [0.3, 0.4) is 0 Å². The minimum atomic E-state index is -5.14. The molecule has 2 atom stereocenters. The largest absolute Gasteiger partial charge is 0.416 e. The van der Waals surface area contributed by atoms with Crippen LogP contribution in [0.25, 0.3) is 0 Å². The summed E-state index contributed by atoms with van der Waals surface area (Å²) >= 11 is 0. The molecule has 1 fully saturated rings. The molecule has 0 radical (unpaired) electrons. The van der Waals surface area contributed by atoms with E-state index in [0.29, 0.717) is 37.8 Å². The number of carbonyl (C=O) groups excluding carboxylic acids is 2. The fourth-order valence-electron chi connectivity index (χ4n) is 6.75. The molecular formula is C31H32F9N7O2. The monoisotopic (exact) mass is 705 g/mol. The number of tetrazole rings is 1. The minimum absolute atomic E-state index is 0.00749. The fourth-order valence-corrected chi connectivity index (χ4v) is 6.75. The summed E-state index contributed by atoms with van der Waals surface area (Å²) in [7, 11) is 1.36. The number of fused-ring (bicyclic) bond motifs is 1. The Labute approximate surface area is 274 Å². The normalized spacial score (nSPS) is 21.7. The molecule has 3 aromatic rings. The first-order chi connectivity index (χ1) is 22.7. The molecule has 2 aliphatic rings. The molecule has 1 aliphatic heterocycles. The summed E-state index contributed by atoms with van der Waals surface area (Å²) in [5.74, 6) is -1.56. The van der Waals surface area contributed by atoms with Crippen LogP contribution in [0.4, 0.5) is 51.1 Å². The molecule has 2 heterocycles. The van der Waals surface area contributed by atoms with Crippen molar-refractivity contribution in [1.82, 2.24) is 20.2 Å². The number of aromatic nitrogens is 4. The second-order valence-electron chi connectivity index (χ2n) is 12.6. The molecule has 0 saturated heterocycles. The standard InChI is InChI=1S/C31H32F9N7O2/c1-16-9-25(46(28-42-44-45(2)43-28)15-18-10-21(30(35,36)37)13-22(11-18)31(38,39)40)23-14-20(29(32,33)34)7-8-24(23)47(16)27(49)19-5-3-17(4-6-19)12-26(41)48/h7-8,10-11,13-14,16-17,19,25H,3-6,9,12,15H2,1-2H3,(H2,41,48)/t16-,17?,19?,25?/m1/s1. The number of nitrogens with zero attached hydrogens (tertiary/aromatic N) is 6. The number of aryl methyl sites for hydroxylation is 1. The van der Waals surface area contributed by atoms with Gasteiger partial charge in [-0.2, -0.15) is 44.3 Å². The Morgan fingerprint density at radius 2 is 1.47 bits per heavy atom. The Morgan fingerprint density at radius 1 is 0.878 bits per heavy atom. The lowest BCUT2D eigenvalue weighted by Gasteiger charge is -2.45. The number of hydrogen-bond acceptors (Lipinski definition) is 6. The van der Waals surface area contributed by atoms with Gasteiger partial charge in [0.2, 0.25) is 11.8 Å². The summed E-state index contributed by atoms with van der Waals surface area (Å²) in [6.45, 7) is 0.974. The topological polar surface area (TPSA) is 110 Å². The van der Waals surface area contributed by atoms with Gasteiger partial charge in [0.15, 0.2) is 0 Å². The maximum absolute atomic E-state index is 14.0. The maximum atomic E-state index is 14.0. The number of hydrogen-bond donors (Lipinski definition) is 1. The van der Waals surface area contributed by atoms with Crippen molar-refractivity contribution in [3.63, 3.8) is 0 Å². The van der Waals surface area contributed by atoms with Crippen molar-refractivity contribution in [2.24, 2.45) is 24.6 Å². The molecule has 1 saturated carbocycles. The van der Waals surface area contributed by atoms with Gasteiger partial charge in [0.25, 0.3) is 5.95 Å². The summed E-state index contributed by atoms with van der Waals surface area (Å²) in [5.41, 5.74) is 0.720. The third kappa shape index (κ3) is 7.93. The van der Waals surface area contributed by atoms with Gasteiger partial charge in [0.05, 0.1) is 29.8 Å². The smallest absolute Gasteiger partial charge is 0.370 e. The number of primary amides is 1. The molecule has 9 nitrogen and oxygen atoms in total. The molecule has 5 rings (SSSR count). The predicted molar refractivity (Wildman–Crippen MR) is 156 cm³/mol. The van der Waals surface area contributed by atoms with E-state index in [9.17, 15) is 49.1 Å². The van der Waals surface area contributed by atoms with Gasteiger partial charge in [0, 0.05) is 30.6 Å². The molecule has 2 amide bonds. The van der Waals surface area contributed by atoms with Crippen LogP contribution in [-0.2, 0) is 41.7 Å². The van der Waals surface area contributed by atoms with Crippen LogP contribution in [0.1, 0.15) is 79.3 Å². The number of anilines is 2. The molecule has 1 aliphatic carbocycles. The number of nitrogens with two attached hydrogens (primary N) is 1. The van der Waals surface area contributed by atoms with Crippen LogP contribution in [0.5, 0.6) is 0 Å². The van der Waals surface area contributed by atoms with Gasteiger partial charge in [-0.25, -0.2) is 0 Å². The number of carbonyl (C=O) groups is 2. The first-order valence-corrected chi connectivity index (χ1v) is 15.3. The quantitative estimate of drug-likeness (QED) is 0.270. The molecule has 18 heteroatoms. The lowest BCUT2D eigenvalue weighted by molar-refractivity contribution is -0.143. The highest BCUT2D eigenvalue weighted by molar-refractivity contribution is 5.97. The van der Waals surface area contributed by atoms with Gasteiger partial charge in [-0.05, 0) is 97.7 Å². The third-order valence-electron chi connectivity index (χ3n) is 9.03. The lowest BCUT2D eigenvalue weighted by Crippen LogP contribution is -2.49. The highest BCUT2D eigenvalue weighted by Gasteiger charge is 2.43. The summed E-state index contributed by atoms with van der Waals surface area (Å²) in [4.78, 5) is 29.0. The van der Waals surface area contributed by atoms with Gasteiger partial charge in [-0.3, -0.25) is 9.59 Å². The van der Waals surface area contributed by atoms with E-state index in [-0.39, 0.29) is 47.9 Å². The second-order valence-corrected chi connectivity index (χ2v) is 12.6. The molecular weight excluding hydrogens is 673 g/mol. The lowest BCUT2D eigenvalue weighted by atomic mass is 9.79. The fraction of sp³-hybridized carbons (Fsp3) is 0.516. The Morgan fingerprint density at radius 3 is 1.98 bits per heavy atom. The number of alkyl halides is 9. The second kappa shape index (κ2) is 13.2. The van der Waals surface area contributed by atoms with Crippen molar-refractivity contribution in [1.29, 1.82) is 0 Å². The van der Waals surface area contributed by atoms with E-state index >= 15 is 0 Å². The molecule has 0 bridgehead atoms. The van der Waals surface area contributed by atoms with E-state index in [2.05, 4.69) is 15.4 Å². The Hall–Kier alpha value is -4.38. The zero-order chi connectivity index (χ0) is 36.1. The van der Waals surface area contributed by atoms with Crippen LogP contribution in [-0.4, -0.2) is 38.1 Å². The summed E-state index contributed by atoms with van der Waals surface area (Å²) in [6.07, 6.45) is -13.1. The molecule has 2 N–H and O–H groups in total. The Balaban J connectivity index is 1.59. The number of amides is 2. The zero-order valence-corrected chi connectivity index (χ0v) is 26.2. The van der Waals surface area contributed by atoms with Crippen molar-refractivity contribution >= 4 is 23.5 Å². The summed E-state index contributed by atoms with van der Waals surface area (Å²) < 4.78 is 124.